The number of rotatable bonds is 4. The molecule has 1 unspecified atom stereocenters. The van der Waals surface area contributed by atoms with Crippen molar-refractivity contribution in [1.29, 1.82) is 0 Å². The smallest absolute Gasteiger partial charge is 0.178 e. The quantitative estimate of drug-likeness (QED) is 0.516. The normalized spacial score (nSPS) is 24.2. The predicted molar refractivity (Wildman–Crippen MR) is 73.8 cm³/mol. The zero-order valence-electron chi connectivity index (χ0n) is 11.5. The van der Waals surface area contributed by atoms with E-state index in [-0.39, 0.29) is 11.2 Å². The molecule has 1 aliphatic carbocycles. The number of carbonyl (C=O) groups is 1. The summed E-state index contributed by atoms with van der Waals surface area (Å²) in [4.78, 5) is 11.6. The molecule has 0 saturated heterocycles. The van der Waals surface area contributed by atoms with Gasteiger partial charge in [-0.05, 0) is 43.8 Å². The van der Waals surface area contributed by atoms with E-state index in [1.54, 1.807) is 12.2 Å². The Hall–Kier alpha value is -1.11. The lowest BCUT2D eigenvalue weighted by molar-refractivity contribution is -0.110. The van der Waals surface area contributed by atoms with Crippen LogP contribution in [0.25, 0.3) is 0 Å². The first kappa shape index (κ1) is 14.0. The standard InChI is InChI=1S/C16H24O/c1-5-6-9-14(17)10-11-15-13(2)8-7-12-16(15,3)4/h6,8-11,15H,5,7,12H2,1-4H3. The fraction of sp³-hybridized carbons (Fsp3) is 0.562. The van der Waals surface area contributed by atoms with Gasteiger partial charge in [-0.2, -0.15) is 0 Å². The molecule has 0 bridgehead atoms. The summed E-state index contributed by atoms with van der Waals surface area (Å²) in [5, 5.41) is 0. The van der Waals surface area contributed by atoms with E-state index >= 15 is 0 Å². The first-order valence-electron chi connectivity index (χ1n) is 6.52. The van der Waals surface area contributed by atoms with Crippen molar-refractivity contribution in [2.75, 3.05) is 0 Å². The summed E-state index contributed by atoms with van der Waals surface area (Å²) in [6.45, 7) is 8.77. The van der Waals surface area contributed by atoms with E-state index in [2.05, 4.69) is 32.9 Å². The Morgan fingerprint density at radius 1 is 1.47 bits per heavy atom. The fourth-order valence-electron chi connectivity index (χ4n) is 2.46. The summed E-state index contributed by atoms with van der Waals surface area (Å²) in [6, 6.07) is 0. The molecule has 0 N–H and O–H groups in total. The van der Waals surface area contributed by atoms with E-state index in [1.807, 2.05) is 13.0 Å². The molecule has 1 nitrogen and oxygen atoms in total. The molecule has 0 spiro atoms. The van der Waals surface area contributed by atoms with Crippen molar-refractivity contribution in [3.8, 4) is 0 Å². The second-order valence-corrected chi connectivity index (χ2v) is 5.53. The summed E-state index contributed by atoms with van der Waals surface area (Å²) >= 11 is 0. The Morgan fingerprint density at radius 2 is 2.18 bits per heavy atom. The molecule has 0 aromatic rings. The minimum atomic E-state index is 0.0982. The lowest BCUT2D eigenvalue weighted by Crippen LogP contribution is -2.26. The van der Waals surface area contributed by atoms with Crippen LogP contribution in [0, 0.1) is 11.3 Å². The largest absolute Gasteiger partial charge is 0.290 e. The van der Waals surface area contributed by atoms with Gasteiger partial charge < -0.3 is 0 Å². The van der Waals surface area contributed by atoms with Crippen LogP contribution in [0.4, 0.5) is 0 Å². The molecule has 1 aliphatic rings. The molecule has 1 rings (SSSR count). The highest BCUT2D eigenvalue weighted by molar-refractivity contribution is 5.99. The molecular formula is C16H24O. The number of allylic oxidation sites excluding steroid dienone is 6. The van der Waals surface area contributed by atoms with Crippen molar-refractivity contribution in [2.45, 2.75) is 47.0 Å². The SMILES string of the molecule is CCC=CC(=O)C=CC1C(C)=CCCC1(C)C. The fourth-order valence-corrected chi connectivity index (χ4v) is 2.46. The highest BCUT2D eigenvalue weighted by Gasteiger charge is 2.30. The molecule has 0 radical (unpaired) electrons. The zero-order chi connectivity index (χ0) is 12.9. The van der Waals surface area contributed by atoms with Gasteiger partial charge in [0.25, 0.3) is 0 Å². The third kappa shape index (κ3) is 3.99. The van der Waals surface area contributed by atoms with Gasteiger partial charge in [-0.3, -0.25) is 4.79 Å². The first-order chi connectivity index (χ1) is 7.97. The maximum absolute atomic E-state index is 11.6. The molecule has 17 heavy (non-hydrogen) atoms. The summed E-state index contributed by atoms with van der Waals surface area (Å²) in [7, 11) is 0. The third-order valence-corrected chi connectivity index (χ3v) is 3.56. The van der Waals surface area contributed by atoms with Gasteiger partial charge in [-0.1, -0.05) is 44.6 Å². The topological polar surface area (TPSA) is 17.1 Å². The van der Waals surface area contributed by atoms with Crippen molar-refractivity contribution in [1.82, 2.24) is 0 Å². The highest BCUT2D eigenvalue weighted by Crippen LogP contribution is 2.41. The van der Waals surface area contributed by atoms with Crippen LogP contribution in [0.3, 0.4) is 0 Å². The lowest BCUT2D eigenvalue weighted by Gasteiger charge is -2.36. The van der Waals surface area contributed by atoms with E-state index in [1.165, 1.54) is 12.0 Å². The highest BCUT2D eigenvalue weighted by atomic mass is 16.1. The molecule has 0 heterocycles. The third-order valence-electron chi connectivity index (χ3n) is 3.56. The van der Waals surface area contributed by atoms with E-state index in [0.29, 0.717) is 5.92 Å². The predicted octanol–water partition coefficient (Wildman–Crippen LogP) is 4.46. The average molecular weight is 232 g/mol. The van der Waals surface area contributed by atoms with Crippen molar-refractivity contribution in [3.63, 3.8) is 0 Å². The maximum atomic E-state index is 11.6. The molecule has 0 fully saturated rings. The Kier molecular flexibility index (Phi) is 4.92. The van der Waals surface area contributed by atoms with Gasteiger partial charge in [0.15, 0.2) is 5.78 Å². The Labute approximate surface area is 105 Å². The van der Waals surface area contributed by atoms with E-state index in [9.17, 15) is 4.79 Å². The van der Waals surface area contributed by atoms with Crippen LogP contribution >= 0.6 is 0 Å². The van der Waals surface area contributed by atoms with Gasteiger partial charge in [0, 0.05) is 5.92 Å². The van der Waals surface area contributed by atoms with Gasteiger partial charge >= 0.3 is 0 Å². The van der Waals surface area contributed by atoms with E-state index in [4.69, 9.17) is 0 Å². The molecule has 1 atom stereocenters. The molecule has 0 amide bonds. The number of ketones is 1. The van der Waals surface area contributed by atoms with Crippen molar-refractivity contribution < 1.29 is 4.79 Å². The van der Waals surface area contributed by atoms with Crippen LogP contribution in [0.15, 0.2) is 36.0 Å². The van der Waals surface area contributed by atoms with Crippen LogP contribution in [-0.4, -0.2) is 5.78 Å². The number of hydrogen-bond donors (Lipinski definition) is 0. The van der Waals surface area contributed by atoms with Crippen molar-refractivity contribution in [3.05, 3.63) is 36.0 Å². The summed E-state index contributed by atoms with van der Waals surface area (Å²) in [6.07, 6.45) is 12.9. The summed E-state index contributed by atoms with van der Waals surface area (Å²) < 4.78 is 0. The molecule has 0 saturated carbocycles. The van der Waals surface area contributed by atoms with E-state index < -0.39 is 0 Å². The summed E-state index contributed by atoms with van der Waals surface area (Å²) in [5.74, 6) is 0.497. The van der Waals surface area contributed by atoms with E-state index in [0.717, 1.165) is 12.8 Å². The average Bonchev–Trinajstić information content (AvgIpc) is 2.24. The molecule has 1 heteroatoms. The molecule has 0 aliphatic heterocycles. The van der Waals surface area contributed by atoms with Gasteiger partial charge in [-0.15, -0.1) is 0 Å². The number of carbonyl (C=O) groups excluding carboxylic acids is 1. The van der Waals surface area contributed by atoms with Crippen LogP contribution in [0.1, 0.15) is 47.0 Å². The van der Waals surface area contributed by atoms with Crippen molar-refractivity contribution in [2.24, 2.45) is 11.3 Å². The monoisotopic (exact) mass is 232 g/mol. The minimum Gasteiger partial charge on any atom is -0.290 e. The maximum Gasteiger partial charge on any atom is 0.178 e. The van der Waals surface area contributed by atoms with Crippen LogP contribution in [-0.2, 0) is 4.79 Å². The Bertz CT molecular complexity index is 356. The van der Waals surface area contributed by atoms with Crippen LogP contribution in [0.2, 0.25) is 0 Å². The summed E-state index contributed by atoms with van der Waals surface area (Å²) in [5.41, 5.74) is 1.66. The minimum absolute atomic E-state index is 0.0982. The Morgan fingerprint density at radius 3 is 2.76 bits per heavy atom. The molecule has 94 valence electrons. The second kappa shape index (κ2) is 6.00. The van der Waals surface area contributed by atoms with Gasteiger partial charge in [0.05, 0.1) is 0 Å². The Balaban J connectivity index is 2.75. The number of hydrogen-bond acceptors (Lipinski definition) is 1. The zero-order valence-corrected chi connectivity index (χ0v) is 11.5. The molecule has 0 aromatic heterocycles. The van der Waals surface area contributed by atoms with Gasteiger partial charge in [0.1, 0.15) is 0 Å². The van der Waals surface area contributed by atoms with Crippen LogP contribution < -0.4 is 0 Å². The second-order valence-electron chi connectivity index (χ2n) is 5.53. The molecule has 0 aromatic carbocycles. The van der Waals surface area contributed by atoms with Crippen molar-refractivity contribution >= 4 is 5.78 Å². The van der Waals surface area contributed by atoms with Gasteiger partial charge in [-0.25, -0.2) is 0 Å². The van der Waals surface area contributed by atoms with Gasteiger partial charge in [0.2, 0.25) is 0 Å². The lowest BCUT2D eigenvalue weighted by atomic mass is 9.68. The molecular weight excluding hydrogens is 208 g/mol. The first-order valence-corrected chi connectivity index (χ1v) is 6.52. The van der Waals surface area contributed by atoms with Crippen LogP contribution in [0.5, 0.6) is 0 Å².